The molecule has 0 saturated heterocycles. The van der Waals surface area contributed by atoms with Crippen LogP contribution in [0.1, 0.15) is 30.5 Å². The summed E-state index contributed by atoms with van der Waals surface area (Å²) in [5.74, 6) is 0. The van der Waals surface area contributed by atoms with E-state index in [0.29, 0.717) is 0 Å². The Balaban J connectivity index is 2.33. The monoisotopic (exact) mass is 177 g/mol. The summed E-state index contributed by atoms with van der Waals surface area (Å²) in [5, 5.41) is 9.34. The fourth-order valence-electron chi connectivity index (χ4n) is 1.93. The smallest absolute Gasteiger partial charge is 0.0543 e. The number of aliphatic hydroxyl groups excluding tert-OH is 1. The molecule has 0 radical (unpaired) electrons. The maximum atomic E-state index is 9.34. The molecule has 0 amide bonds. The molecule has 1 N–H and O–H groups in total. The standard InChI is InChI=1S/C11H15NO/c1-9-3-6-12-10(7-9)11(8-13)4-2-5-11/h3,6-7,13H,2,4-5,8H2,1H3. The summed E-state index contributed by atoms with van der Waals surface area (Å²) in [6.45, 7) is 2.30. The average molecular weight is 177 g/mol. The molecule has 0 atom stereocenters. The van der Waals surface area contributed by atoms with Crippen LogP contribution in [0.25, 0.3) is 0 Å². The van der Waals surface area contributed by atoms with Crippen LogP contribution >= 0.6 is 0 Å². The first kappa shape index (κ1) is 8.70. The third-order valence-electron chi connectivity index (χ3n) is 3.07. The Morgan fingerprint density at radius 3 is 2.77 bits per heavy atom. The molecule has 0 spiro atoms. The van der Waals surface area contributed by atoms with Crippen molar-refractivity contribution < 1.29 is 5.11 Å². The van der Waals surface area contributed by atoms with E-state index in [0.717, 1.165) is 18.5 Å². The molecule has 1 saturated carbocycles. The highest BCUT2D eigenvalue weighted by Gasteiger charge is 2.39. The minimum absolute atomic E-state index is 0.00792. The van der Waals surface area contributed by atoms with E-state index in [1.165, 1.54) is 12.0 Å². The number of hydrogen-bond donors (Lipinski definition) is 1. The minimum Gasteiger partial charge on any atom is -0.395 e. The predicted octanol–water partition coefficient (Wildman–Crippen LogP) is 1.80. The summed E-state index contributed by atoms with van der Waals surface area (Å²) in [5.41, 5.74) is 2.29. The van der Waals surface area contributed by atoms with E-state index < -0.39 is 0 Å². The van der Waals surface area contributed by atoms with Gasteiger partial charge in [0.1, 0.15) is 0 Å². The van der Waals surface area contributed by atoms with E-state index in [9.17, 15) is 5.11 Å². The minimum atomic E-state index is -0.00792. The zero-order valence-electron chi connectivity index (χ0n) is 7.95. The molecule has 1 aliphatic carbocycles. The molecule has 2 rings (SSSR count). The summed E-state index contributed by atoms with van der Waals surface area (Å²) >= 11 is 0. The van der Waals surface area contributed by atoms with Gasteiger partial charge in [0.2, 0.25) is 0 Å². The summed E-state index contributed by atoms with van der Waals surface area (Å²) in [6, 6.07) is 4.09. The highest BCUT2D eigenvalue weighted by atomic mass is 16.3. The second kappa shape index (κ2) is 3.11. The van der Waals surface area contributed by atoms with E-state index in [1.54, 1.807) is 0 Å². The third-order valence-corrected chi connectivity index (χ3v) is 3.07. The van der Waals surface area contributed by atoms with Gasteiger partial charge in [-0.3, -0.25) is 4.98 Å². The molecule has 1 heterocycles. The second-order valence-electron chi connectivity index (χ2n) is 4.01. The van der Waals surface area contributed by atoms with Gasteiger partial charge in [-0.25, -0.2) is 0 Å². The van der Waals surface area contributed by atoms with Crippen LogP contribution in [-0.2, 0) is 5.41 Å². The Labute approximate surface area is 78.6 Å². The van der Waals surface area contributed by atoms with Gasteiger partial charge in [-0.05, 0) is 37.5 Å². The van der Waals surface area contributed by atoms with Gasteiger partial charge in [0.05, 0.1) is 6.61 Å². The number of hydrogen-bond acceptors (Lipinski definition) is 2. The molecular weight excluding hydrogens is 162 g/mol. The molecule has 1 fully saturated rings. The van der Waals surface area contributed by atoms with Crippen molar-refractivity contribution in [2.75, 3.05) is 6.61 Å². The largest absolute Gasteiger partial charge is 0.395 e. The molecule has 0 aliphatic heterocycles. The number of nitrogens with zero attached hydrogens (tertiary/aromatic N) is 1. The highest BCUT2D eigenvalue weighted by Crippen LogP contribution is 2.42. The first-order valence-corrected chi connectivity index (χ1v) is 4.81. The van der Waals surface area contributed by atoms with Crippen LogP contribution in [0.5, 0.6) is 0 Å². The fourth-order valence-corrected chi connectivity index (χ4v) is 1.93. The molecule has 70 valence electrons. The normalized spacial score (nSPS) is 19.5. The van der Waals surface area contributed by atoms with Crippen molar-refractivity contribution in [1.82, 2.24) is 4.98 Å². The quantitative estimate of drug-likeness (QED) is 0.747. The van der Waals surface area contributed by atoms with Crippen molar-refractivity contribution in [3.63, 3.8) is 0 Å². The lowest BCUT2D eigenvalue weighted by molar-refractivity contribution is 0.116. The number of pyridine rings is 1. The Hall–Kier alpha value is -0.890. The van der Waals surface area contributed by atoms with Crippen LogP contribution < -0.4 is 0 Å². The van der Waals surface area contributed by atoms with Crippen molar-refractivity contribution in [1.29, 1.82) is 0 Å². The van der Waals surface area contributed by atoms with Crippen LogP contribution in [0.4, 0.5) is 0 Å². The zero-order chi connectivity index (χ0) is 9.31. The predicted molar refractivity (Wildman–Crippen MR) is 51.6 cm³/mol. The Bertz CT molecular complexity index is 299. The van der Waals surface area contributed by atoms with Crippen LogP contribution in [-0.4, -0.2) is 16.7 Å². The van der Waals surface area contributed by atoms with E-state index in [-0.39, 0.29) is 12.0 Å². The molecule has 13 heavy (non-hydrogen) atoms. The van der Waals surface area contributed by atoms with Gasteiger partial charge in [0.15, 0.2) is 0 Å². The summed E-state index contributed by atoms with van der Waals surface area (Å²) in [6.07, 6.45) is 5.22. The van der Waals surface area contributed by atoms with Crippen molar-refractivity contribution in [2.24, 2.45) is 0 Å². The first-order valence-electron chi connectivity index (χ1n) is 4.81. The van der Waals surface area contributed by atoms with E-state index in [2.05, 4.69) is 18.0 Å². The third kappa shape index (κ3) is 1.35. The molecule has 2 nitrogen and oxygen atoms in total. The average Bonchev–Trinajstić information content (AvgIpc) is 2.03. The highest BCUT2D eigenvalue weighted by molar-refractivity contribution is 5.24. The Morgan fingerprint density at radius 2 is 2.31 bits per heavy atom. The van der Waals surface area contributed by atoms with Crippen LogP contribution in [0.2, 0.25) is 0 Å². The van der Waals surface area contributed by atoms with Crippen LogP contribution in [0, 0.1) is 6.92 Å². The summed E-state index contributed by atoms with van der Waals surface area (Å²) < 4.78 is 0. The zero-order valence-corrected chi connectivity index (χ0v) is 7.95. The van der Waals surface area contributed by atoms with E-state index >= 15 is 0 Å². The fraction of sp³-hybridized carbons (Fsp3) is 0.545. The Morgan fingerprint density at radius 1 is 1.54 bits per heavy atom. The number of aliphatic hydroxyl groups is 1. The van der Waals surface area contributed by atoms with Gasteiger partial charge < -0.3 is 5.11 Å². The SMILES string of the molecule is Cc1ccnc(C2(CO)CCC2)c1. The molecule has 1 aliphatic rings. The lowest BCUT2D eigenvalue weighted by Gasteiger charge is -2.39. The number of rotatable bonds is 2. The topological polar surface area (TPSA) is 33.1 Å². The van der Waals surface area contributed by atoms with E-state index in [1.807, 2.05) is 12.3 Å². The summed E-state index contributed by atoms with van der Waals surface area (Å²) in [7, 11) is 0. The van der Waals surface area contributed by atoms with Gasteiger partial charge in [0, 0.05) is 17.3 Å². The Kier molecular flexibility index (Phi) is 2.08. The first-order chi connectivity index (χ1) is 6.27. The van der Waals surface area contributed by atoms with Crippen molar-refractivity contribution in [3.05, 3.63) is 29.6 Å². The molecular formula is C11H15NO. The lowest BCUT2D eigenvalue weighted by Crippen LogP contribution is -2.38. The lowest BCUT2D eigenvalue weighted by atomic mass is 9.67. The van der Waals surface area contributed by atoms with Crippen LogP contribution in [0.15, 0.2) is 18.3 Å². The van der Waals surface area contributed by atoms with Crippen molar-refractivity contribution in [2.45, 2.75) is 31.6 Å². The van der Waals surface area contributed by atoms with Gasteiger partial charge in [0.25, 0.3) is 0 Å². The van der Waals surface area contributed by atoms with Crippen molar-refractivity contribution >= 4 is 0 Å². The second-order valence-corrected chi connectivity index (χ2v) is 4.01. The van der Waals surface area contributed by atoms with E-state index in [4.69, 9.17) is 0 Å². The number of aromatic nitrogens is 1. The van der Waals surface area contributed by atoms with Gasteiger partial charge >= 0.3 is 0 Å². The van der Waals surface area contributed by atoms with Gasteiger partial charge in [-0.2, -0.15) is 0 Å². The molecule has 2 heteroatoms. The van der Waals surface area contributed by atoms with Gasteiger partial charge in [-0.1, -0.05) is 6.42 Å². The van der Waals surface area contributed by atoms with Gasteiger partial charge in [-0.15, -0.1) is 0 Å². The molecule has 1 aromatic heterocycles. The molecule has 1 aromatic rings. The maximum Gasteiger partial charge on any atom is 0.0543 e. The molecule has 0 bridgehead atoms. The number of aryl methyl sites for hydroxylation is 1. The molecule has 0 unspecified atom stereocenters. The molecule has 0 aromatic carbocycles. The van der Waals surface area contributed by atoms with Crippen LogP contribution in [0.3, 0.4) is 0 Å². The summed E-state index contributed by atoms with van der Waals surface area (Å²) in [4.78, 5) is 4.34. The maximum absolute atomic E-state index is 9.34. The van der Waals surface area contributed by atoms with Crippen molar-refractivity contribution in [3.8, 4) is 0 Å².